The Balaban J connectivity index is 1.14. The van der Waals surface area contributed by atoms with Gasteiger partial charge in [-0.1, -0.05) is 6.07 Å². The van der Waals surface area contributed by atoms with E-state index in [0.717, 1.165) is 80.2 Å². The number of piperazine rings is 1. The molecule has 9 heteroatoms. The number of aromatic nitrogens is 4. The molecule has 2 N–H and O–H groups in total. The highest BCUT2D eigenvalue weighted by Gasteiger charge is 2.20. The van der Waals surface area contributed by atoms with Crippen LogP contribution in [0.3, 0.4) is 0 Å². The summed E-state index contributed by atoms with van der Waals surface area (Å²) >= 11 is 1.72. The van der Waals surface area contributed by atoms with Crippen molar-refractivity contribution >= 4 is 27.5 Å². The molecule has 198 valence electrons. The minimum absolute atomic E-state index is 0.165. The molecule has 1 aliphatic heterocycles. The van der Waals surface area contributed by atoms with Gasteiger partial charge < -0.3 is 15.3 Å². The Bertz CT molecular complexity index is 1380. The molecule has 4 heterocycles. The molecular weight excluding hydrogens is 494 g/mol. The number of fused-ring (bicyclic) bond motifs is 1. The minimum Gasteiger partial charge on any atom is -0.393 e. The number of aliphatic hydroxyl groups is 1. The highest BCUT2D eigenvalue weighted by Crippen LogP contribution is 2.30. The summed E-state index contributed by atoms with van der Waals surface area (Å²) in [6, 6.07) is 11.1. The second-order valence-electron chi connectivity index (χ2n) is 10.6. The second-order valence-corrected chi connectivity index (χ2v) is 11.8. The van der Waals surface area contributed by atoms with Crippen LogP contribution in [0.25, 0.3) is 21.3 Å². The number of hydrogen-bond donors (Lipinski definition) is 2. The molecule has 0 bridgehead atoms. The second kappa shape index (κ2) is 11.4. The molecule has 8 nitrogen and oxygen atoms in total. The zero-order valence-corrected chi connectivity index (χ0v) is 22.7. The van der Waals surface area contributed by atoms with Gasteiger partial charge in [0.15, 0.2) is 0 Å². The van der Waals surface area contributed by atoms with E-state index in [-0.39, 0.29) is 6.10 Å². The fraction of sp³-hybridized carbons (Fsp3) is 0.448. The van der Waals surface area contributed by atoms with Crippen LogP contribution >= 0.6 is 11.3 Å². The Kier molecular flexibility index (Phi) is 7.60. The Labute approximate surface area is 227 Å². The highest BCUT2D eigenvalue weighted by atomic mass is 32.1. The third-order valence-electron chi connectivity index (χ3n) is 7.64. The smallest absolute Gasteiger partial charge is 0.223 e. The number of benzene rings is 1. The van der Waals surface area contributed by atoms with Gasteiger partial charge in [0, 0.05) is 69.3 Å². The van der Waals surface area contributed by atoms with Gasteiger partial charge in [-0.3, -0.25) is 9.88 Å². The fourth-order valence-electron chi connectivity index (χ4n) is 5.35. The number of likely N-dealkylation sites (N-methyl/N-ethyl adjacent to an activating group) is 1. The molecule has 1 saturated carbocycles. The number of hydrogen-bond acceptors (Lipinski definition) is 9. The summed E-state index contributed by atoms with van der Waals surface area (Å²) in [5.41, 5.74) is 5.55. The number of nitrogens with zero attached hydrogens (tertiary/aromatic N) is 6. The van der Waals surface area contributed by atoms with Gasteiger partial charge in [-0.05, 0) is 68.1 Å². The predicted molar refractivity (Wildman–Crippen MR) is 152 cm³/mol. The molecule has 1 aliphatic carbocycles. The monoisotopic (exact) mass is 529 g/mol. The van der Waals surface area contributed by atoms with Crippen LogP contribution in [0.5, 0.6) is 0 Å². The first kappa shape index (κ1) is 25.3. The molecule has 2 aliphatic rings. The molecule has 2 fully saturated rings. The molecule has 3 aromatic heterocycles. The van der Waals surface area contributed by atoms with Crippen LogP contribution in [0.1, 0.15) is 41.9 Å². The Morgan fingerprint density at radius 3 is 2.66 bits per heavy atom. The van der Waals surface area contributed by atoms with E-state index in [1.54, 1.807) is 11.3 Å². The zero-order chi connectivity index (χ0) is 25.9. The van der Waals surface area contributed by atoms with Crippen LogP contribution in [0.2, 0.25) is 0 Å². The molecule has 1 saturated heterocycles. The lowest BCUT2D eigenvalue weighted by molar-refractivity contribution is 0.126. The van der Waals surface area contributed by atoms with Crippen molar-refractivity contribution in [2.75, 3.05) is 38.5 Å². The summed E-state index contributed by atoms with van der Waals surface area (Å²) in [5.74, 6) is 0.663. The molecule has 0 unspecified atom stereocenters. The van der Waals surface area contributed by atoms with Crippen LogP contribution in [0.15, 0.2) is 48.9 Å². The van der Waals surface area contributed by atoms with Crippen molar-refractivity contribution in [3.05, 3.63) is 65.2 Å². The lowest BCUT2D eigenvalue weighted by Crippen LogP contribution is -2.43. The summed E-state index contributed by atoms with van der Waals surface area (Å²) in [6.45, 7) is 5.39. The predicted octanol–water partition coefficient (Wildman–Crippen LogP) is 4.20. The Hall–Kier alpha value is -2.98. The molecular formula is C29H35N7OS. The third kappa shape index (κ3) is 6.18. The molecule has 38 heavy (non-hydrogen) atoms. The molecule has 0 amide bonds. The van der Waals surface area contributed by atoms with Crippen LogP contribution in [-0.4, -0.2) is 80.2 Å². The normalized spacial score (nSPS) is 21.1. The maximum atomic E-state index is 9.75. The van der Waals surface area contributed by atoms with Crippen LogP contribution < -0.4 is 5.32 Å². The Morgan fingerprint density at radius 2 is 1.82 bits per heavy atom. The van der Waals surface area contributed by atoms with Crippen LogP contribution in [0, 0.1) is 0 Å². The van der Waals surface area contributed by atoms with Crippen molar-refractivity contribution in [3.63, 3.8) is 0 Å². The average molecular weight is 530 g/mol. The van der Waals surface area contributed by atoms with Crippen molar-refractivity contribution in [2.45, 2.75) is 50.8 Å². The van der Waals surface area contributed by atoms with E-state index in [9.17, 15) is 5.11 Å². The molecule has 4 aromatic rings. The standard InChI is InChI=1S/C29H35N7OS/c1-35-10-12-36(13-11-35)19-20-14-22(18-30-17-20)21-2-7-26-27(15-21)38-28(34-26)16-24-8-9-31-29(33-24)32-23-3-5-25(37)6-4-23/h2,7-9,14-15,17-18,23,25,37H,3-6,10-13,16,19H2,1H3,(H,31,32,33). The van der Waals surface area contributed by atoms with E-state index in [1.165, 1.54) is 15.8 Å². The molecule has 0 spiro atoms. The lowest BCUT2D eigenvalue weighted by atomic mass is 9.93. The van der Waals surface area contributed by atoms with Crippen molar-refractivity contribution in [3.8, 4) is 11.1 Å². The SMILES string of the molecule is CN1CCN(Cc2cncc(-c3ccc4nc(Cc5ccnc(NC6CCC(O)CC6)n5)sc4c3)c2)CC1. The van der Waals surface area contributed by atoms with Crippen molar-refractivity contribution in [2.24, 2.45) is 0 Å². The number of anilines is 1. The maximum absolute atomic E-state index is 9.75. The lowest BCUT2D eigenvalue weighted by Gasteiger charge is -2.32. The molecule has 0 radical (unpaired) electrons. The van der Waals surface area contributed by atoms with E-state index in [0.29, 0.717) is 18.4 Å². The number of rotatable bonds is 7. The van der Waals surface area contributed by atoms with Crippen LogP contribution in [0.4, 0.5) is 5.95 Å². The summed E-state index contributed by atoms with van der Waals surface area (Å²) in [4.78, 5) is 23.5. The zero-order valence-electron chi connectivity index (χ0n) is 21.9. The topological polar surface area (TPSA) is 90.3 Å². The van der Waals surface area contributed by atoms with Gasteiger partial charge in [-0.2, -0.15) is 0 Å². The third-order valence-corrected chi connectivity index (χ3v) is 8.66. The first-order chi connectivity index (χ1) is 18.6. The van der Waals surface area contributed by atoms with Crippen molar-refractivity contribution in [1.29, 1.82) is 0 Å². The maximum Gasteiger partial charge on any atom is 0.223 e. The van der Waals surface area contributed by atoms with Gasteiger partial charge in [-0.15, -0.1) is 11.3 Å². The average Bonchev–Trinajstić information content (AvgIpc) is 3.33. The van der Waals surface area contributed by atoms with E-state index in [1.807, 2.05) is 24.7 Å². The largest absolute Gasteiger partial charge is 0.393 e. The van der Waals surface area contributed by atoms with E-state index >= 15 is 0 Å². The molecule has 6 rings (SSSR count). The number of aliphatic hydroxyl groups excluding tert-OH is 1. The fourth-order valence-corrected chi connectivity index (χ4v) is 6.37. The van der Waals surface area contributed by atoms with Gasteiger partial charge in [0.25, 0.3) is 0 Å². The van der Waals surface area contributed by atoms with E-state index in [4.69, 9.17) is 9.97 Å². The molecule has 0 atom stereocenters. The van der Waals surface area contributed by atoms with Crippen LogP contribution in [-0.2, 0) is 13.0 Å². The number of nitrogens with one attached hydrogen (secondary N) is 1. The first-order valence-electron chi connectivity index (χ1n) is 13.6. The van der Waals surface area contributed by atoms with E-state index < -0.39 is 0 Å². The van der Waals surface area contributed by atoms with E-state index in [2.05, 4.69) is 56.4 Å². The van der Waals surface area contributed by atoms with Gasteiger partial charge in [0.05, 0.1) is 27.0 Å². The first-order valence-corrected chi connectivity index (χ1v) is 14.4. The van der Waals surface area contributed by atoms with Gasteiger partial charge in [0.2, 0.25) is 5.95 Å². The van der Waals surface area contributed by atoms with Crippen molar-refractivity contribution in [1.82, 2.24) is 29.7 Å². The quantitative estimate of drug-likeness (QED) is 0.368. The van der Waals surface area contributed by atoms with Gasteiger partial charge in [-0.25, -0.2) is 15.0 Å². The highest BCUT2D eigenvalue weighted by molar-refractivity contribution is 7.18. The number of thiazole rings is 1. The summed E-state index contributed by atoms with van der Waals surface area (Å²) in [5, 5.41) is 14.2. The summed E-state index contributed by atoms with van der Waals surface area (Å²) in [6.07, 6.45) is 9.84. The minimum atomic E-state index is -0.165. The molecule has 1 aromatic carbocycles. The van der Waals surface area contributed by atoms with Crippen molar-refractivity contribution < 1.29 is 5.11 Å². The summed E-state index contributed by atoms with van der Waals surface area (Å²) in [7, 11) is 2.19. The van der Waals surface area contributed by atoms with Gasteiger partial charge in [0.1, 0.15) is 0 Å². The summed E-state index contributed by atoms with van der Waals surface area (Å²) < 4.78 is 1.18. The van der Waals surface area contributed by atoms with Gasteiger partial charge >= 0.3 is 0 Å². The number of pyridine rings is 1. The Morgan fingerprint density at radius 1 is 0.974 bits per heavy atom.